The maximum absolute atomic E-state index is 12.6. The van der Waals surface area contributed by atoms with E-state index in [2.05, 4.69) is 4.57 Å². The number of aromatic nitrogens is 1. The number of likely N-dealkylation sites (N-methyl/N-ethyl adjacent to an activating group) is 1. The van der Waals surface area contributed by atoms with Crippen LogP contribution in [0.2, 0.25) is 0 Å². The van der Waals surface area contributed by atoms with E-state index in [0.29, 0.717) is 12.6 Å². The second kappa shape index (κ2) is 5.24. The molecule has 110 valence electrons. The van der Waals surface area contributed by atoms with Crippen molar-refractivity contribution in [2.24, 2.45) is 0 Å². The summed E-state index contributed by atoms with van der Waals surface area (Å²) in [6.45, 7) is 0.446. The lowest BCUT2D eigenvalue weighted by atomic mass is 9.93. The highest BCUT2D eigenvalue weighted by atomic mass is 16.3. The van der Waals surface area contributed by atoms with Gasteiger partial charge in [0.2, 0.25) is 0 Å². The van der Waals surface area contributed by atoms with E-state index in [1.165, 1.54) is 19.3 Å². The quantitative estimate of drug-likeness (QED) is 0.918. The van der Waals surface area contributed by atoms with Crippen LogP contribution in [0.5, 0.6) is 0 Å². The van der Waals surface area contributed by atoms with Gasteiger partial charge in [0.15, 0.2) is 0 Å². The van der Waals surface area contributed by atoms with Crippen molar-refractivity contribution in [3.63, 3.8) is 0 Å². The average molecular weight is 276 g/mol. The SMILES string of the molecule is CN(CC1(O)CCCC1)C(=O)c1cccn1C1CCC1. The van der Waals surface area contributed by atoms with Gasteiger partial charge in [-0.2, -0.15) is 0 Å². The Balaban J connectivity index is 1.70. The van der Waals surface area contributed by atoms with Crippen LogP contribution in [-0.4, -0.2) is 39.7 Å². The molecule has 4 heteroatoms. The fourth-order valence-electron chi connectivity index (χ4n) is 3.46. The molecule has 2 aliphatic rings. The molecule has 1 heterocycles. The van der Waals surface area contributed by atoms with E-state index < -0.39 is 5.60 Å². The third-order valence-corrected chi connectivity index (χ3v) is 4.88. The highest BCUT2D eigenvalue weighted by molar-refractivity contribution is 5.92. The van der Waals surface area contributed by atoms with Crippen molar-refractivity contribution in [1.82, 2.24) is 9.47 Å². The second-order valence-electron chi connectivity index (χ2n) is 6.48. The number of carbonyl (C=O) groups is 1. The monoisotopic (exact) mass is 276 g/mol. The first-order chi connectivity index (χ1) is 9.59. The molecule has 0 spiro atoms. The molecule has 4 nitrogen and oxygen atoms in total. The van der Waals surface area contributed by atoms with E-state index in [4.69, 9.17) is 0 Å². The smallest absolute Gasteiger partial charge is 0.270 e. The highest BCUT2D eigenvalue weighted by Crippen LogP contribution is 2.33. The first-order valence-electron chi connectivity index (χ1n) is 7.74. The summed E-state index contributed by atoms with van der Waals surface area (Å²) in [5.41, 5.74) is 0.0944. The van der Waals surface area contributed by atoms with Gasteiger partial charge in [0, 0.05) is 25.8 Å². The number of rotatable bonds is 4. The van der Waals surface area contributed by atoms with Crippen molar-refractivity contribution in [2.75, 3.05) is 13.6 Å². The average Bonchev–Trinajstić information content (AvgIpc) is 2.96. The molecule has 0 saturated heterocycles. The van der Waals surface area contributed by atoms with Gasteiger partial charge in [-0.05, 0) is 44.2 Å². The van der Waals surface area contributed by atoms with Crippen molar-refractivity contribution in [1.29, 1.82) is 0 Å². The molecule has 0 radical (unpaired) electrons. The van der Waals surface area contributed by atoms with Crippen molar-refractivity contribution in [3.05, 3.63) is 24.0 Å². The maximum atomic E-state index is 12.6. The van der Waals surface area contributed by atoms with E-state index >= 15 is 0 Å². The van der Waals surface area contributed by atoms with Crippen molar-refractivity contribution in [3.8, 4) is 0 Å². The van der Waals surface area contributed by atoms with Gasteiger partial charge in [-0.25, -0.2) is 0 Å². The van der Waals surface area contributed by atoms with Gasteiger partial charge >= 0.3 is 0 Å². The number of amides is 1. The lowest BCUT2D eigenvalue weighted by Crippen LogP contribution is -2.42. The van der Waals surface area contributed by atoms with Crippen LogP contribution < -0.4 is 0 Å². The maximum Gasteiger partial charge on any atom is 0.270 e. The summed E-state index contributed by atoms with van der Waals surface area (Å²) in [5.74, 6) is 0.0298. The Hall–Kier alpha value is -1.29. The summed E-state index contributed by atoms with van der Waals surface area (Å²) in [6.07, 6.45) is 9.36. The van der Waals surface area contributed by atoms with Gasteiger partial charge in [0.25, 0.3) is 5.91 Å². The summed E-state index contributed by atoms with van der Waals surface area (Å²) in [6, 6.07) is 4.34. The molecule has 1 aromatic rings. The standard InChI is InChI=1S/C16H24N2O2/c1-17(12-16(20)9-2-3-10-16)15(19)14-8-5-11-18(14)13-6-4-7-13/h5,8,11,13,20H,2-4,6-7,9-10,12H2,1H3. The van der Waals surface area contributed by atoms with Gasteiger partial charge in [-0.1, -0.05) is 12.8 Å². The van der Waals surface area contributed by atoms with Gasteiger partial charge in [0.05, 0.1) is 5.60 Å². The van der Waals surface area contributed by atoms with Crippen LogP contribution in [0.3, 0.4) is 0 Å². The Bertz CT molecular complexity index is 484. The van der Waals surface area contributed by atoms with Crippen LogP contribution in [0.15, 0.2) is 18.3 Å². The third kappa shape index (κ3) is 2.49. The van der Waals surface area contributed by atoms with E-state index in [9.17, 15) is 9.90 Å². The molecular formula is C16H24N2O2. The molecule has 0 bridgehead atoms. The van der Waals surface area contributed by atoms with Crippen LogP contribution in [0.4, 0.5) is 0 Å². The minimum atomic E-state index is -0.668. The highest BCUT2D eigenvalue weighted by Gasteiger charge is 2.34. The number of aliphatic hydroxyl groups is 1. The Labute approximate surface area is 120 Å². The van der Waals surface area contributed by atoms with Gasteiger partial charge < -0.3 is 14.6 Å². The second-order valence-corrected chi connectivity index (χ2v) is 6.48. The number of carbonyl (C=O) groups excluding carboxylic acids is 1. The zero-order valence-corrected chi connectivity index (χ0v) is 12.2. The molecule has 0 aliphatic heterocycles. The molecule has 0 aromatic carbocycles. The van der Waals surface area contributed by atoms with Gasteiger partial charge in [-0.3, -0.25) is 4.79 Å². The van der Waals surface area contributed by atoms with Crippen LogP contribution in [-0.2, 0) is 0 Å². The lowest BCUT2D eigenvalue weighted by Gasteiger charge is -2.32. The molecule has 2 saturated carbocycles. The molecule has 0 atom stereocenters. The molecule has 3 rings (SSSR count). The van der Waals surface area contributed by atoms with E-state index in [0.717, 1.165) is 31.4 Å². The Morgan fingerprint density at radius 1 is 1.40 bits per heavy atom. The van der Waals surface area contributed by atoms with Crippen molar-refractivity contribution < 1.29 is 9.90 Å². The Morgan fingerprint density at radius 2 is 2.10 bits per heavy atom. The number of nitrogens with zero attached hydrogens (tertiary/aromatic N) is 2. The molecule has 1 aromatic heterocycles. The molecular weight excluding hydrogens is 252 g/mol. The minimum Gasteiger partial charge on any atom is -0.388 e. The summed E-state index contributed by atoms with van der Waals surface area (Å²) in [7, 11) is 1.80. The molecule has 1 N–H and O–H groups in total. The van der Waals surface area contributed by atoms with Crippen LogP contribution >= 0.6 is 0 Å². The fourth-order valence-corrected chi connectivity index (χ4v) is 3.46. The van der Waals surface area contributed by atoms with Crippen LogP contribution in [0.1, 0.15) is 61.5 Å². The Kier molecular flexibility index (Phi) is 3.59. The predicted molar refractivity (Wildman–Crippen MR) is 77.7 cm³/mol. The molecule has 20 heavy (non-hydrogen) atoms. The van der Waals surface area contributed by atoms with E-state index in [-0.39, 0.29) is 5.91 Å². The fraction of sp³-hybridized carbons (Fsp3) is 0.688. The zero-order chi connectivity index (χ0) is 14.2. The lowest BCUT2D eigenvalue weighted by molar-refractivity contribution is 0.0151. The summed E-state index contributed by atoms with van der Waals surface area (Å²) < 4.78 is 2.11. The predicted octanol–water partition coefficient (Wildman–Crippen LogP) is 2.59. The van der Waals surface area contributed by atoms with E-state index in [1.807, 2.05) is 18.3 Å². The molecule has 1 amide bonds. The topological polar surface area (TPSA) is 45.5 Å². The molecule has 2 aliphatic carbocycles. The Morgan fingerprint density at radius 3 is 2.70 bits per heavy atom. The van der Waals surface area contributed by atoms with Crippen molar-refractivity contribution >= 4 is 5.91 Å². The largest absolute Gasteiger partial charge is 0.388 e. The number of hydrogen-bond donors (Lipinski definition) is 1. The normalized spacial score (nSPS) is 21.7. The van der Waals surface area contributed by atoms with Gasteiger partial charge in [-0.15, -0.1) is 0 Å². The third-order valence-electron chi connectivity index (χ3n) is 4.88. The first kappa shape index (κ1) is 13.7. The molecule has 2 fully saturated rings. The molecule has 0 unspecified atom stereocenters. The minimum absolute atomic E-state index is 0.0298. The summed E-state index contributed by atoms with van der Waals surface area (Å²) >= 11 is 0. The van der Waals surface area contributed by atoms with Crippen molar-refractivity contribution in [2.45, 2.75) is 56.6 Å². The summed E-state index contributed by atoms with van der Waals surface area (Å²) in [4.78, 5) is 14.3. The number of hydrogen-bond acceptors (Lipinski definition) is 2. The van der Waals surface area contributed by atoms with Crippen LogP contribution in [0, 0.1) is 0 Å². The summed E-state index contributed by atoms with van der Waals surface area (Å²) in [5, 5.41) is 10.4. The van der Waals surface area contributed by atoms with Crippen LogP contribution in [0.25, 0.3) is 0 Å². The van der Waals surface area contributed by atoms with Gasteiger partial charge in [0.1, 0.15) is 5.69 Å². The first-order valence-corrected chi connectivity index (χ1v) is 7.74. The van der Waals surface area contributed by atoms with E-state index in [1.54, 1.807) is 11.9 Å². The zero-order valence-electron chi connectivity index (χ0n) is 12.2.